The Kier molecular flexibility index (Phi) is 29.6. The lowest BCUT2D eigenvalue weighted by molar-refractivity contribution is -0.316. The highest BCUT2D eigenvalue weighted by Crippen LogP contribution is 2.47. The minimum absolute atomic E-state index is 0.00834. The maximum absolute atomic E-state index is 13.2. The summed E-state index contributed by atoms with van der Waals surface area (Å²) >= 11 is 0. The van der Waals surface area contributed by atoms with Gasteiger partial charge in [0.05, 0.1) is 11.8 Å². The van der Waals surface area contributed by atoms with E-state index in [2.05, 4.69) is 4.90 Å². The Labute approximate surface area is 376 Å². The Balaban J connectivity index is 0.000000711. The van der Waals surface area contributed by atoms with Gasteiger partial charge in [-0.1, -0.05) is 77.0 Å². The van der Waals surface area contributed by atoms with Crippen molar-refractivity contribution >= 4 is 11.9 Å². The van der Waals surface area contributed by atoms with Gasteiger partial charge in [0, 0.05) is 32.3 Å². The fourth-order valence-corrected chi connectivity index (χ4v) is 8.96. The summed E-state index contributed by atoms with van der Waals surface area (Å²) in [5.41, 5.74) is 0.290. The molecular formula is C46H89NO16. The number of rotatable bonds is 35. The number of carbonyl (C=O) groups is 2. The van der Waals surface area contributed by atoms with Crippen LogP contribution in [0.1, 0.15) is 206 Å². The SMILES string of the molecule is CC(O)(O)CCCCCCCC(CCCCCC(O)(O)O)C(=O)OC1CCC2(CCN(CCCCO)CC2)C1.O=C(O)C(CCCCCCCC(O)(O)O)CCCCCC(O)(O)O. The van der Waals surface area contributed by atoms with Crippen molar-refractivity contribution in [1.82, 2.24) is 4.90 Å². The van der Waals surface area contributed by atoms with Gasteiger partial charge in [0.2, 0.25) is 0 Å². The van der Waals surface area contributed by atoms with Crippen LogP contribution in [0.2, 0.25) is 0 Å². The molecule has 1 aliphatic heterocycles. The summed E-state index contributed by atoms with van der Waals surface area (Å²) in [7, 11) is 0. The summed E-state index contributed by atoms with van der Waals surface area (Å²) in [5.74, 6) is -11.0. The van der Waals surface area contributed by atoms with Crippen molar-refractivity contribution in [2.45, 2.75) is 236 Å². The number of carbonyl (C=O) groups excluding carboxylic acids is 1. The average molecular weight is 912 g/mol. The first-order valence-corrected chi connectivity index (χ1v) is 24.2. The minimum Gasteiger partial charge on any atom is -0.481 e. The second-order valence-electron chi connectivity index (χ2n) is 19.2. The molecule has 0 bridgehead atoms. The van der Waals surface area contributed by atoms with Crippen LogP contribution in [0.15, 0.2) is 0 Å². The van der Waals surface area contributed by atoms with Gasteiger partial charge in [-0.05, 0) is 128 Å². The monoisotopic (exact) mass is 912 g/mol. The molecule has 1 heterocycles. The number of nitrogens with zero attached hydrogens (tertiary/aromatic N) is 1. The number of carboxylic acids is 1. The molecule has 2 aliphatic rings. The number of likely N-dealkylation sites (tertiary alicyclic amines) is 1. The fourth-order valence-electron chi connectivity index (χ4n) is 8.96. The van der Waals surface area contributed by atoms with Crippen LogP contribution in [0.5, 0.6) is 0 Å². The van der Waals surface area contributed by atoms with E-state index in [9.17, 15) is 24.9 Å². The van der Waals surface area contributed by atoms with Crippen LogP contribution in [0.3, 0.4) is 0 Å². The highest BCUT2D eigenvalue weighted by Gasteiger charge is 2.43. The number of esters is 1. The molecule has 0 aromatic heterocycles. The first kappa shape index (κ1) is 59.4. The van der Waals surface area contributed by atoms with Crippen LogP contribution in [0.25, 0.3) is 0 Å². The van der Waals surface area contributed by atoms with Crippen LogP contribution >= 0.6 is 0 Å². The Morgan fingerprint density at radius 2 is 0.952 bits per heavy atom. The van der Waals surface area contributed by atoms with E-state index in [1.807, 2.05) is 0 Å². The van der Waals surface area contributed by atoms with Crippen LogP contribution in [-0.2, 0) is 14.3 Å². The number of piperidine rings is 1. The lowest BCUT2D eigenvalue weighted by atomic mass is 9.77. The molecule has 1 aliphatic carbocycles. The summed E-state index contributed by atoms with van der Waals surface area (Å²) in [6.07, 6.45) is 21.7. The van der Waals surface area contributed by atoms with Crippen molar-refractivity contribution in [2.24, 2.45) is 17.3 Å². The van der Waals surface area contributed by atoms with Crippen LogP contribution in [0.4, 0.5) is 0 Å². The fraction of sp³-hybridized carbons (Fsp3) is 0.957. The highest BCUT2D eigenvalue weighted by atomic mass is 16.7. The third-order valence-electron chi connectivity index (χ3n) is 12.8. The number of hydrogen-bond acceptors (Lipinski definition) is 16. The molecule has 13 N–H and O–H groups in total. The Hall–Kier alpha value is -1.58. The third kappa shape index (κ3) is 33.5. The molecule has 0 amide bonds. The van der Waals surface area contributed by atoms with E-state index in [1.165, 1.54) is 6.92 Å². The lowest BCUT2D eigenvalue weighted by Gasteiger charge is -2.39. The highest BCUT2D eigenvalue weighted by molar-refractivity contribution is 5.72. The number of carboxylic acid groups (broad SMARTS) is 1. The summed E-state index contributed by atoms with van der Waals surface area (Å²) in [5, 5.41) is 117. The molecule has 17 nitrogen and oxygen atoms in total. The average Bonchev–Trinajstić information content (AvgIpc) is 3.55. The van der Waals surface area contributed by atoms with E-state index in [-0.39, 0.29) is 43.9 Å². The summed E-state index contributed by atoms with van der Waals surface area (Å²) in [6.45, 7) is 4.88. The van der Waals surface area contributed by atoms with Gasteiger partial charge in [-0.2, -0.15) is 0 Å². The third-order valence-corrected chi connectivity index (χ3v) is 12.8. The summed E-state index contributed by atoms with van der Waals surface area (Å²) in [4.78, 5) is 26.9. The van der Waals surface area contributed by atoms with Gasteiger partial charge in [0.15, 0.2) is 5.79 Å². The molecule has 2 fully saturated rings. The second kappa shape index (κ2) is 31.4. The largest absolute Gasteiger partial charge is 0.481 e. The smallest absolute Gasteiger partial charge is 0.309 e. The maximum atomic E-state index is 13.2. The van der Waals surface area contributed by atoms with E-state index < -0.39 is 35.6 Å². The van der Waals surface area contributed by atoms with Crippen molar-refractivity contribution in [3.63, 3.8) is 0 Å². The van der Waals surface area contributed by atoms with E-state index >= 15 is 0 Å². The Morgan fingerprint density at radius 3 is 1.37 bits per heavy atom. The predicted octanol–water partition coefficient (Wildman–Crippen LogP) is 4.20. The van der Waals surface area contributed by atoms with Gasteiger partial charge in [-0.25, -0.2) is 0 Å². The molecule has 63 heavy (non-hydrogen) atoms. The summed E-state index contributed by atoms with van der Waals surface area (Å²) < 4.78 is 6.10. The Morgan fingerprint density at radius 1 is 0.556 bits per heavy atom. The second-order valence-corrected chi connectivity index (χ2v) is 19.2. The molecule has 2 rings (SSSR count). The first-order valence-electron chi connectivity index (χ1n) is 24.2. The zero-order valence-corrected chi connectivity index (χ0v) is 38.5. The standard InChI is InChI=1S/C30H57NO8.C16H32O8/c1-28(34,35)15-8-4-2-3-6-12-25(13-7-5-9-16-30(36,37)38)27(33)39-26-14-17-29(24-26)18-21-31(22-19-29)20-10-11-23-32;17-14(18)13(10-6-4-8-12-16(22,23)24)9-5-2-1-3-7-11-15(19,20)21/h25-26,32,34-38H,2-24H2,1H3;13,19-24H,1-12H2,(H,17,18). The van der Waals surface area contributed by atoms with Gasteiger partial charge in [-0.15, -0.1) is 0 Å². The number of hydrogen-bond donors (Lipinski definition) is 13. The van der Waals surface area contributed by atoms with Gasteiger partial charge in [0.25, 0.3) is 17.9 Å². The van der Waals surface area contributed by atoms with Gasteiger partial charge in [0.1, 0.15) is 6.10 Å². The molecule has 3 unspecified atom stereocenters. The van der Waals surface area contributed by atoms with E-state index in [0.29, 0.717) is 69.6 Å². The van der Waals surface area contributed by atoms with Gasteiger partial charge in [-0.3, -0.25) is 9.59 Å². The van der Waals surface area contributed by atoms with Crippen molar-refractivity contribution in [3.05, 3.63) is 0 Å². The van der Waals surface area contributed by atoms with E-state index in [0.717, 1.165) is 135 Å². The topological polar surface area (TPSA) is 310 Å². The van der Waals surface area contributed by atoms with Crippen molar-refractivity contribution in [1.29, 1.82) is 0 Å². The zero-order chi connectivity index (χ0) is 47.4. The summed E-state index contributed by atoms with van der Waals surface area (Å²) in [6, 6.07) is 0. The van der Waals surface area contributed by atoms with Crippen LogP contribution < -0.4 is 0 Å². The number of aliphatic carboxylic acids is 1. The molecule has 17 heteroatoms. The number of aliphatic hydroxyl groups excluding tert-OH is 1. The predicted molar refractivity (Wildman–Crippen MR) is 235 cm³/mol. The number of ether oxygens (including phenoxy) is 1. The zero-order valence-electron chi connectivity index (χ0n) is 38.5. The quantitative estimate of drug-likeness (QED) is 0.0241. The van der Waals surface area contributed by atoms with E-state index in [4.69, 9.17) is 55.8 Å². The number of unbranched alkanes of at least 4 members (excludes halogenated alkanes) is 13. The van der Waals surface area contributed by atoms with Crippen LogP contribution in [0, 0.1) is 17.3 Å². The molecule has 1 saturated heterocycles. The molecule has 0 aromatic rings. The minimum atomic E-state index is -2.64. The maximum Gasteiger partial charge on any atom is 0.309 e. The molecule has 0 aromatic carbocycles. The molecule has 0 radical (unpaired) electrons. The number of aliphatic hydroxyl groups is 12. The molecule has 374 valence electrons. The first-order chi connectivity index (χ1) is 29.4. The van der Waals surface area contributed by atoms with Gasteiger partial charge < -0.3 is 76.0 Å². The molecular weight excluding hydrogens is 822 g/mol. The molecule has 1 spiro atoms. The van der Waals surface area contributed by atoms with Crippen LogP contribution in [-0.4, -0.2) is 139 Å². The molecule has 3 atom stereocenters. The van der Waals surface area contributed by atoms with Crippen molar-refractivity contribution < 1.29 is 80.7 Å². The Bertz CT molecular complexity index is 1170. The molecule has 1 saturated carbocycles. The van der Waals surface area contributed by atoms with E-state index in [1.54, 1.807) is 0 Å². The van der Waals surface area contributed by atoms with Gasteiger partial charge >= 0.3 is 11.9 Å². The van der Waals surface area contributed by atoms with Crippen molar-refractivity contribution in [2.75, 3.05) is 26.2 Å². The normalized spacial score (nSPS) is 18.3. The van der Waals surface area contributed by atoms with Crippen molar-refractivity contribution in [3.8, 4) is 0 Å². The lowest BCUT2D eigenvalue weighted by Crippen LogP contribution is -2.39.